The van der Waals surface area contributed by atoms with Crippen LogP contribution < -0.4 is 0 Å². The smallest absolute Gasteiger partial charge is 0.326 e. The van der Waals surface area contributed by atoms with Crippen molar-refractivity contribution in [3.63, 3.8) is 0 Å². The average Bonchev–Trinajstić information content (AvgIpc) is 2.39. The van der Waals surface area contributed by atoms with Crippen LogP contribution >= 0.6 is 15.9 Å². The van der Waals surface area contributed by atoms with Crippen molar-refractivity contribution in [1.82, 2.24) is 4.90 Å². The second-order valence-electron chi connectivity index (χ2n) is 4.11. The van der Waals surface area contributed by atoms with E-state index in [2.05, 4.69) is 15.9 Å². The fourth-order valence-electron chi connectivity index (χ4n) is 2.07. The fraction of sp³-hybridized carbons (Fsp3) is 0.333. The number of fused-ring (bicyclic) bond motifs is 1. The Kier molecular flexibility index (Phi) is 3.19. The van der Waals surface area contributed by atoms with Gasteiger partial charge in [-0.1, -0.05) is 22.0 Å². The van der Waals surface area contributed by atoms with Crippen LogP contribution in [0.4, 0.5) is 0 Å². The van der Waals surface area contributed by atoms with E-state index in [9.17, 15) is 9.59 Å². The van der Waals surface area contributed by atoms with E-state index in [0.29, 0.717) is 18.4 Å². The summed E-state index contributed by atoms with van der Waals surface area (Å²) in [4.78, 5) is 24.5. The number of benzene rings is 1. The highest BCUT2D eigenvalue weighted by Crippen LogP contribution is 2.24. The number of aliphatic carboxylic acids is 1. The van der Waals surface area contributed by atoms with Crippen molar-refractivity contribution in [2.24, 2.45) is 0 Å². The maximum absolute atomic E-state index is 12.1. The van der Waals surface area contributed by atoms with Gasteiger partial charge in [0.25, 0.3) is 5.91 Å². The van der Waals surface area contributed by atoms with Crippen LogP contribution in [0.3, 0.4) is 0 Å². The van der Waals surface area contributed by atoms with Crippen molar-refractivity contribution in [2.45, 2.75) is 18.9 Å². The molecular weight excluding hydrogens is 286 g/mol. The van der Waals surface area contributed by atoms with Crippen LogP contribution in [0.25, 0.3) is 0 Å². The summed E-state index contributed by atoms with van der Waals surface area (Å²) in [5, 5.41) is 9.08. The Morgan fingerprint density at radius 3 is 2.88 bits per heavy atom. The Hall–Kier alpha value is -1.36. The SMILES string of the molecule is CN1C(=O)c2cc(Br)ccc2CCC1C(=O)O. The zero-order valence-corrected chi connectivity index (χ0v) is 10.9. The molecule has 1 unspecified atom stereocenters. The van der Waals surface area contributed by atoms with E-state index >= 15 is 0 Å². The Labute approximate surface area is 107 Å². The molecule has 0 saturated heterocycles. The van der Waals surface area contributed by atoms with Gasteiger partial charge >= 0.3 is 5.97 Å². The largest absolute Gasteiger partial charge is 0.480 e. The first-order chi connectivity index (χ1) is 8.00. The molecule has 4 nitrogen and oxygen atoms in total. The monoisotopic (exact) mass is 297 g/mol. The number of carboxylic acid groups (broad SMARTS) is 1. The number of carbonyl (C=O) groups is 2. The van der Waals surface area contributed by atoms with Gasteiger partial charge in [0.05, 0.1) is 0 Å². The molecule has 0 radical (unpaired) electrons. The molecule has 17 heavy (non-hydrogen) atoms. The molecule has 0 aromatic heterocycles. The van der Waals surface area contributed by atoms with Crippen molar-refractivity contribution in [3.8, 4) is 0 Å². The topological polar surface area (TPSA) is 57.6 Å². The van der Waals surface area contributed by atoms with E-state index in [1.165, 1.54) is 11.9 Å². The lowest BCUT2D eigenvalue weighted by atomic mass is 10.0. The zero-order chi connectivity index (χ0) is 12.6. The van der Waals surface area contributed by atoms with Gasteiger partial charge in [-0.3, -0.25) is 4.79 Å². The number of hydrogen-bond donors (Lipinski definition) is 1. The van der Waals surface area contributed by atoms with Crippen LogP contribution in [0.5, 0.6) is 0 Å². The average molecular weight is 298 g/mol. The molecule has 90 valence electrons. The van der Waals surface area contributed by atoms with Gasteiger partial charge in [-0.25, -0.2) is 4.79 Å². The molecule has 1 aliphatic rings. The van der Waals surface area contributed by atoms with E-state index in [-0.39, 0.29) is 5.91 Å². The molecule has 0 saturated carbocycles. The molecular formula is C12H12BrNO3. The van der Waals surface area contributed by atoms with Gasteiger partial charge in [-0.05, 0) is 30.5 Å². The molecule has 1 amide bonds. The van der Waals surface area contributed by atoms with E-state index in [1.54, 1.807) is 6.07 Å². The number of amides is 1. The lowest BCUT2D eigenvalue weighted by Crippen LogP contribution is -2.41. The molecule has 1 aromatic carbocycles. The Bertz CT molecular complexity index is 487. The summed E-state index contributed by atoms with van der Waals surface area (Å²) in [6.07, 6.45) is 1.06. The zero-order valence-electron chi connectivity index (χ0n) is 9.31. The number of halogens is 1. The molecule has 5 heteroatoms. The van der Waals surface area contributed by atoms with E-state index in [1.807, 2.05) is 12.1 Å². The van der Waals surface area contributed by atoms with E-state index in [4.69, 9.17) is 5.11 Å². The highest BCUT2D eigenvalue weighted by Gasteiger charge is 2.31. The first-order valence-corrected chi connectivity index (χ1v) is 6.08. The minimum Gasteiger partial charge on any atom is -0.480 e. The molecule has 1 aliphatic heterocycles. The van der Waals surface area contributed by atoms with E-state index < -0.39 is 12.0 Å². The number of likely N-dealkylation sites (N-methyl/N-ethyl adjacent to an activating group) is 1. The second kappa shape index (κ2) is 4.49. The number of carbonyl (C=O) groups excluding carboxylic acids is 1. The molecule has 0 spiro atoms. The van der Waals surface area contributed by atoms with Crippen LogP contribution in [-0.2, 0) is 11.2 Å². The molecule has 1 aromatic rings. The van der Waals surface area contributed by atoms with Crippen molar-refractivity contribution in [1.29, 1.82) is 0 Å². The lowest BCUT2D eigenvalue weighted by molar-refractivity contribution is -0.142. The van der Waals surface area contributed by atoms with Crippen molar-refractivity contribution in [2.75, 3.05) is 7.05 Å². The third-order valence-corrected chi connectivity index (χ3v) is 3.56. The highest BCUT2D eigenvalue weighted by atomic mass is 79.9. The van der Waals surface area contributed by atoms with Crippen LogP contribution in [-0.4, -0.2) is 35.0 Å². The normalized spacial score (nSPS) is 19.8. The standard InChI is InChI=1S/C12H12BrNO3/c1-14-10(12(16)17)5-3-7-2-4-8(13)6-9(7)11(14)15/h2,4,6,10H,3,5H2,1H3,(H,16,17). The van der Waals surface area contributed by atoms with Gasteiger partial charge in [0.2, 0.25) is 0 Å². The third-order valence-electron chi connectivity index (χ3n) is 3.06. The van der Waals surface area contributed by atoms with Gasteiger partial charge < -0.3 is 10.0 Å². The number of carboxylic acids is 1. The van der Waals surface area contributed by atoms with Crippen LogP contribution in [0.1, 0.15) is 22.3 Å². The first kappa shape index (κ1) is 12.1. The minimum atomic E-state index is -0.951. The van der Waals surface area contributed by atoms with Crippen molar-refractivity contribution < 1.29 is 14.7 Å². The molecule has 0 bridgehead atoms. The Morgan fingerprint density at radius 1 is 1.53 bits per heavy atom. The van der Waals surface area contributed by atoms with Gasteiger partial charge in [-0.15, -0.1) is 0 Å². The molecule has 0 fully saturated rings. The summed E-state index contributed by atoms with van der Waals surface area (Å²) in [6, 6.07) is 4.75. The summed E-state index contributed by atoms with van der Waals surface area (Å²) in [7, 11) is 1.54. The summed E-state index contributed by atoms with van der Waals surface area (Å²) < 4.78 is 0.826. The predicted molar refractivity (Wildman–Crippen MR) is 66.0 cm³/mol. The highest BCUT2D eigenvalue weighted by molar-refractivity contribution is 9.10. The summed E-state index contributed by atoms with van der Waals surface area (Å²) in [6.45, 7) is 0. The molecule has 2 rings (SSSR count). The van der Waals surface area contributed by atoms with Crippen LogP contribution in [0.15, 0.2) is 22.7 Å². The molecule has 0 aliphatic carbocycles. The Morgan fingerprint density at radius 2 is 2.24 bits per heavy atom. The van der Waals surface area contributed by atoms with Gasteiger partial charge in [0, 0.05) is 17.1 Å². The predicted octanol–water partition coefficient (Wildman–Crippen LogP) is 1.92. The fourth-order valence-corrected chi connectivity index (χ4v) is 2.43. The van der Waals surface area contributed by atoms with Crippen molar-refractivity contribution >= 4 is 27.8 Å². The van der Waals surface area contributed by atoms with Gasteiger partial charge in [0.15, 0.2) is 0 Å². The van der Waals surface area contributed by atoms with Gasteiger partial charge in [-0.2, -0.15) is 0 Å². The summed E-state index contributed by atoms with van der Waals surface area (Å²) >= 11 is 3.32. The Balaban J connectivity index is 2.44. The number of aryl methyl sites for hydroxylation is 1. The third kappa shape index (κ3) is 2.20. The lowest BCUT2D eigenvalue weighted by Gasteiger charge is -2.22. The summed E-state index contributed by atoms with van der Waals surface area (Å²) in [5.74, 6) is -1.18. The van der Waals surface area contributed by atoms with Crippen LogP contribution in [0.2, 0.25) is 0 Å². The minimum absolute atomic E-state index is 0.230. The van der Waals surface area contributed by atoms with E-state index in [0.717, 1.165) is 10.0 Å². The molecule has 1 heterocycles. The van der Waals surface area contributed by atoms with Gasteiger partial charge in [0.1, 0.15) is 6.04 Å². The first-order valence-electron chi connectivity index (χ1n) is 5.29. The number of hydrogen-bond acceptors (Lipinski definition) is 2. The summed E-state index contributed by atoms with van der Waals surface area (Å²) in [5.41, 5.74) is 1.50. The maximum Gasteiger partial charge on any atom is 0.326 e. The molecule has 1 N–H and O–H groups in total. The quantitative estimate of drug-likeness (QED) is 0.861. The van der Waals surface area contributed by atoms with Crippen LogP contribution in [0, 0.1) is 0 Å². The van der Waals surface area contributed by atoms with Crippen molar-refractivity contribution in [3.05, 3.63) is 33.8 Å². The number of rotatable bonds is 1. The second-order valence-corrected chi connectivity index (χ2v) is 5.03. The molecule has 1 atom stereocenters. The number of nitrogens with zero attached hydrogens (tertiary/aromatic N) is 1. The maximum atomic E-state index is 12.1.